The molecule has 0 radical (unpaired) electrons. The number of aromatic nitrogens is 13. The summed E-state index contributed by atoms with van der Waals surface area (Å²) in [6.45, 7) is 34.9. The fourth-order valence-electron chi connectivity index (χ4n) is 17.1. The number of fused-ring (bicyclic) bond motifs is 15. The van der Waals surface area contributed by atoms with E-state index in [1.165, 1.54) is 183 Å². The molecule has 10 heterocycles. The average Bonchev–Trinajstić information content (AvgIpc) is 1.58. The SMILES string of the molecule is CCc1c(C)c(C)c2ccccc2[n+]1C.CCc1c(C)nc2ccccc2[n+]1C.CCc1c2cc3ccccc3c(C)c2cn[n+]1C.CCc1c2cc3ccccc3c(C)c2nc[n+]1C.CCc1c2sc3c(C)c(C)ccc3c2nc[n+]1C.CCc1c2sc3ccc(C)cc3c2nc[n+]1C.CCc1c2sc3cccc(C)c3c2nc[n+]1C. The van der Waals surface area contributed by atoms with Gasteiger partial charge in [0, 0.05) is 109 Å². The molecule has 594 valence electrons. The highest BCUT2D eigenvalue weighted by Crippen LogP contribution is 2.39. The van der Waals surface area contributed by atoms with E-state index in [0.717, 1.165) is 78.2 Å². The molecular weight excluding hydrogens is 1490 g/mol. The van der Waals surface area contributed by atoms with Gasteiger partial charge in [-0.1, -0.05) is 156 Å². The fraction of sp³-hybridized carbons (Fsp3) is 0.297. The van der Waals surface area contributed by atoms with Crippen molar-refractivity contribution in [3.63, 3.8) is 0 Å². The lowest BCUT2D eigenvalue weighted by atomic mass is 9.98. The molecule has 0 aliphatic carbocycles. The summed E-state index contributed by atoms with van der Waals surface area (Å²) < 4.78 is 23.1. The van der Waals surface area contributed by atoms with E-state index in [-0.39, 0.29) is 0 Å². The molecule has 10 aromatic heterocycles. The number of rotatable bonds is 7. The summed E-state index contributed by atoms with van der Waals surface area (Å²) in [7, 11) is 14.6. The molecule has 0 saturated carbocycles. The minimum Gasteiger partial charge on any atom is -0.240 e. The van der Waals surface area contributed by atoms with Crippen LogP contribution < -0.4 is 32.1 Å². The van der Waals surface area contributed by atoms with Crippen LogP contribution in [0.4, 0.5) is 0 Å². The van der Waals surface area contributed by atoms with E-state index in [2.05, 4.69) is 362 Å². The zero-order chi connectivity index (χ0) is 83.4. The minimum atomic E-state index is 0.999. The molecule has 19 aromatic rings. The Hall–Kier alpha value is -11.2. The number of nitrogens with zero attached hydrogens (tertiary/aromatic N) is 13. The van der Waals surface area contributed by atoms with Crippen LogP contribution in [0.5, 0.6) is 0 Å². The molecular formula is C101H114N13S3+7. The molecule has 0 aliphatic rings. The zero-order valence-corrected chi connectivity index (χ0v) is 75.3. The Bertz CT molecular complexity index is 6860. The van der Waals surface area contributed by atoms with Crippen molar-refractivity contribution in [2.45, 2.75) is 156 Å². The van der Waals surface area contributed by atoms with Crippen molar-refractivity contribution < 1.29 is 32.1 Å². The van der Waals surface area contributed by atoms with E-state index >= 15 is 0 Å². The maximum absolute atomic E-state index is 4.62. The van der Waals surface area contributed by atoms with Crippen LogP contribution in [0.1, 0.15) is 139 Å². The van der Waals surface area contributed by atoms with Crippen molar-refractivity contribution in [3.8, 4) is 0 Å². The van der Waals surface area contributed by atoms with E-state index in [1.54, 1.807) is 0 Å². The molecule has 0 unspecified atom stereocenters. The molecule has 9 aromatic carbocycles. The van der Waals surface area contributed by atoms with Gasteiger partial charge in [-0.2, -0.15) is 9.13 Å². The van der Waals surface area contributed by atoms with Crippen molar-refractivity contribution in [1.29, 1.82) is 0 Å². The monoisotopic (exact) mass is 1600 g/mol. The van der Waals surface area contributed by atoms with Gasteiger partial charge >= 0.3 is 0 Å². The zero-order valence-electron chi connectivity index (χ0n) is 72.9. The molecule has 0 bridgehead atoms. The van der Waals surface area contributed by atoms with Gasteiger partial charge in [-0.25, -0.2) is 23.3 Å². The van der Waals surface area contributed by atoms with Crippen LogP contribution in [-0.2, 0) is 94.3 Å². The second-order valence-electron chi connectivity index (χ2n) is 30.8. The number of thiophene rings is 3. The van der Waals surface area contributed by atoms with Gasteiger partial charge in [0.15, 0.2) is 18.3 Å². The van der Waals surface area contributed by atoms with E-state index in [4.69, 9.17) is 0 Å². The first-order valence-corrected chi connectivity index (χ1v) is 43.8. The number of para-hydroxylation sites is 3. The largest absolute Gasteiger partial charge is 0.286 e. The Kier molecular flexibility index (Phi) is 25.9. The van der Waals surface area contributed by atoms with Gasteiger partial charge in [-0.05, 0) is 185 Å². The first-order valence-electron chi connectivity index (χ1n) is 41.3. The van der Waals surface area contributed by atoms with Crippen molar-refractivity contribution in [1.82, 2.24) is 30.0 Å². The maximum Gasteiger partial charge on any atom is 0.286 e. The lowest BCUT2D eigenvalue weighted by molar-refractivity contribution is -0.736. The highest BCUT2D eigenvalue weighted by Gasteiger charge is 2.24. The Morgan fingerprint density at radius 2 is 0.803 bits per heavy atom. The van der Waals surface area contributed by atoms with Gasteiger partial charge < -0.3 is 0 Å². The molecule has 19 rings (SSSR count). The van der Waals surface area contributed by atoms with Crippen LogP contribution >= 0.6 is 34.0 Å². The molecule has 0 N–H and O–H groups in total. The summed E-state index contributed by atoms with van der Waals surface area (Å²) in [6, 6.07) is 56.0. The highest BCUT2D eigenvalue weighted by atomic mass is 32.1. The summed E-state index contributed by atoms with van der Waals surface area (Å²) in [6.07, 6.45) is 17.0. The van der Waals surface area contributed by atoms with Gasteiger partial charge in [0.25, 0.3) is 25.3 Å². The predicted molar refractivity (Wildman–Crippen MR) is 492 cm³/mol. The van der Waals surface area contributed by atoms with Gasteiger partial charge in [-0.15, -0.1) is 34.0 Å². The predicted octanol–water partition coefficient (Wildman–Crippen LogP) is 20.7. The van der Waals surface area contributed by atoms with Crippen LogP contribution in [0.25, 0.3) is 126 Å². The molecule has 0 fully saturated rings. The lowest BCUT2D eigenvalue weighted by Crippen LogP contribution is -2.37. The van der Waals surface area contributed by atoms with E-state index < -0.39 is 0 Å². The number of benzene rings is 9. The third-order valence-electron chi connectivity index (χ3n) is 23.8. The summed E-state index contributed by atoms with van der Waals surface area (Å²) >= 11 is 5.59. The third kappa shape index (κ3) is 16.4. The average molecular weight is 1610 g/mol. The van der Waals surface area contributed by atoms with E-state index in [9.17, 15) is 0 Å². The normalized spacial score (nSPS) is 11.3. The van der Waals surface area contributed by atoms with Gasteiger partial charge in [-0.3, -0.25) is 0 Å². The summed E-state index contributed by atoms with van der Waals surface area (Å²) in [4.78, 5) is 23.0. The fourth-order valence-corrected chi connectivity index (χ4v) is 21.2. The summed E-state index contributed by atoms with van der Waals surface area (Å²) in [5.41, 5.74) is 29.7. The summed E-state index contributed by atoms with van der Waals surface area (Å²) in [5, 5.41) is 18.8. The minimum absolute atomic E-state index is 0.999. The molecule has 0 saturated heterocycles. The Labute approximate surface area is 701 Å². The van der Waals surface area contributed by atoms with Crippen molar-refractivity contribution in [2.24, 2.45) is 49.3 Å². The standard InChI is InChI=1S/2C16H17N2.C15H17N2S.2C14H15N2S.C14H18N.C12H15N2/c1-4-16-14-9-12-7-5-6-8-13(12)11(2)15(14)10-17-18(16)3;1-4-15-14-9-12-7-5-6-8-13(12)11(2)16(14)17-10-18(15)3;1-5-12-15-13(16-8-17(12)4)11-7-6-9(2)10(3)14(11)18-15;1-4-11-14-13(15-8-16(11)3)10-7-9(2)5-6-12(10)17-14;1-4-10-14-13(15-8-16(10)3)12-9(2)6-5-7-11(12)17-14;1-5-13-11(3)10(2)12-8-6-7-9-14(12)15(13)4;1-4-11-9(2)13-10-7-5-6-8-12(10)14(11)3/h2*5-10H,4H2,1-3H3;6-8H,5H2,1-4H3;2*5-8H,4H2,1-3H3;6-9H,5H2,1-4H3;5-8H,4H2,1-3H3/q7*+1. The number of pyridine rings is 1. The first kappa shape index (κ1) is 83.8. The number of hydrogen-bond donors (Lipinski definition) is 0. The van der Waals surface area contributed by atoms with E-state index in [0.29, 0.717) is 0 Å². The first-order chi connectivity index (χ1) is 56.4. The maximum atomic E-state index is 4.62. The Morgan fingerprint density at radius 3 is 1.42 bits per heavy atom. The lowest BCUT2D eigenvalue weighted by Gasteiger charge is -2.09. The van der Waals surface area contributed by atoms with Crippen LogP contribution in [0.3, 0.4) is 0 Å². The van der Waals surface area contributed by atoms with Crippen LogP contribution in [0.2, 0.25) is 0 Å². The highest BCUT2D eigenvalue weighted by molar-refractivity contribution is 7.26. The molecule has 16 heteroatoms. The second kappa shape index (κ2) is 36.1. The van der Waals surface area contributed by atoms with Gasteiger partial charge in [0.05, 0.1) is 39.0 Å². The third-order valence-corrected chi connectivity index (χ3v) is 27.5. The second-order valence-corrected chi connectivity index (χ2v) is 34.0. The smallest absolute Gasteiger partial charge is 0.240 e. The van der Waals surface area contributed by atoms with Crippen molar-refractivity contribution >= 4 is 160 Å². The van der Waals surface area contributed by atoms with E-state index in [1.807, 2.05) is 83.3 Å². The number of aryl methyl sites for hydroxylation is 20. The van der Waals surface area contributed by atoms with Crippen LogP contribution in [0, 0.1) is 62.3 Å². The van der Waals surface area contributed by atoms with Crippen LogP contribution in [-0.4, -0.2) is 30.0 Å². The van der Waals surface area contributed by atoms with Gasteiger partial charge in [0.2, 0.25) is 39.0 Å². The molecule has 13 nitrogen and oxygen atoms in total. The molecule has 0 aliphatic heterocycles. The number of hydrogen-bond acceptors (Lipinski definition) is 9. The summed E-state index contributed by atoms with van der Waals surface area (Å²) in [5.74, 6) is 0. The Morgan fingerprint density at radius 1 is 0.308 bits per heavy atom. The van der Waals surface area contributed by atoms with Crippen LogP contribution in [0.15, 0.2) is 189 Å². The molecule has 0 spiro atoms. The quantitative estimate of drug-likeness (QED) is 0.116. The molecule has 0 atom stereocenters. The topological polar surface area (TPSA) is 104 Å². The molecule has 117 heavy (non-hydrogen) atoms. The Balaban J connectivity index is 0.000000119. The van der Waals surface area contributed by atoms with Crippen molar-refractivity contribution in [2.75, 3.05) is 0 Å². The molecule has 0 amide bonds. The van der Waals surface area contributed by atoms with Gasteiger partial charge in [0.1, 0.15) is 68.4 Å². The van der Waals surface area contributed by atoms with Crippen molar-refractivity contribution in [3.05, 3.63) is 279 Å².